The molecule has 0 saturated carbocycles. The van der Waals surface area contributed by atoms with Gasteiger partial charge >= 0.3 is 0 Å². The molecule has 0 radical (unpaired) electrons. The third-order valence-electron chi connectivity index (χ3n) is 10.8. The van der Waals surface area contributed by atoms with Crippen molar-refractivity contribution >= 4 is 61.7 Å². The Balaban J connectivity index is 1.41. The lowest BCUT2D eigenvalue weighted by Gasteiger charge is -2.34. The van der Waals surface area contributed by atoms with Crippen LogP contribution in [0.2, 0.25) is 0 Å². The molecule has 200 valence electrons. The van der Waals surface area contributed by atoms with Gasteiger partial charge in [0.15, 0.2) is 0 Å². The second-order valence-electron chi connectivity index (χ2n) is 13.7. The van der Waals surface area contributed by atoms with E-state index in [0.29, 0.717) is 0 Å². The van der Waals surface area contributed by atoms with Gasteiger partial charge in [-0.2, -0.15) is 0 Å². The van der Waals surface area contributed by atoms with Crippen molar-refractivity contribution in [3.8, 4) is 12.3 Å². The second kappa shape index (κ2) is 7.61. The minimum absolute atomic E-state index is 0.118. The third-order valence-corrected chi connectivity index (χ3v) is 10.8. The van der Waals surface area contributed by atoms with Crippen LogP contribution in [0.3, 0.4) is 0 Å². The number of aryl methyl sites for hydroxylation is 1. The minimum atomic E-state index is -0.129. The van der Waals surface area contributed by atoms with Crippen LogP contribution in [0.25, 0.3) is 61.7 Å². The minimum Gasteiger partial charge on any atom is -0.115 e. The summed E-state index contributed by atoms with van der Waals surface area (Å²) in [5.41, 5.74) is 15.5. The van der Waals surface area contributed by atoms with Gasteiger partial charge in [-0.1, -0.05) is 100 Å². The highest BCUT2D eigenvalue weighted by Crippen LogP contribution is 2.62. The van der Waals surface area contributed by atoms with Crippen LogP contribution < -0.4 is 5.22 Å². The number of allylic oxidation sites excluding steroid dienone is 6. The van der Waals surface area contributed by atoms with E-state index in [1.807, 2.05) is 6.08 Å². The molecule has 5 aromatic carbocycles. The van der Waals surface area contributed by atoms with Crippen molar-refractivity contribution in [3.63, 3.8) is 0 Å². The maximum Gasteiger partial charge on any atom is 0.0162 e. The predicted molar refractivity (Wildman–Crippen MR) is 181 cm³/mol. The molecule has 0 N–H and O–H groups in total. The molecule has 0 heterocycles. The molecule has 0 atom stereocenters. The fourth-order valence-corrected chi connectivity index (χ4v) is 9.04. The van der Waals surface area contributed by atoms with Crippen LogP contribution >= 0.6 is 0 Å². The first kappa shape index (κ1) is 24.0. The lowest BCUT2D eigenvalue weighted by atomic mass is 9.69. The van der Waals surface area contributed by atoms with E-state index in [-0.39, 0.29) is 10.8 Å². The van der Waals surface area contributed by atoms with Crippen LogP contribution in [0.1, 0.15) is 73.1 Å². The Labute approximate surface area is 247 Å². The van der Waals surface area contributed by atoms with E-state index in [1.54, 1.807) is 0 Å². The SMILES string of the molecule is C#CC=c1ccc2cc3c(c4ccc(C)c1c24)C1=C(C2=C(C=CC1)c1c(cc4c5c(cccc15)C=C4)C2(C)C)C3(C)C. The van der Waals surface area contributed by atoms with Gasteiger partial charge in [-0.3, -0.25) is 0 Å². The zero-order valence-corrected chi connectivity index (χ0v) is 24.9. The fourth-order valence-electron chi connectivity index (χ4n) is 9.04. The molecule has 0 aliphatic heterocycles. The van der Waals surface area contributed by atoms with E-state index in [9.17, 15) is 0 Å². The van der Waals surface area contributed by atoms with Crippen molar-refractivity contribution in [2.75, 3.05) is 0 Å². The summed E-state index contributed by atoms with van der Waals surface area (Å²) in [5.74, 6) is 2.78. The van der Waals surface area contributed by atoms with Gasteiger partial charge in [0.2, 0.25) is 0 Å². The molecule has 0 bridgehead atoms. The van der Waals surface area contributed by atoms with Gasteiger partial charge in [-0.15, -0.1) is 6.42 Å². The Morgan fingerprint density at radius 3 is 2.33 bits per heavy atom. The van der Waals surface area contributed by atoms with Crippen molar-refractivity contribution in [2.24, 2.45) is 0 Å². The summed E-state index contributed by atoms with van der Waals surface area (Å²) in [6, 6.07) is 20.9. The first-order chi connectivity index (χ1) is 20.2. The van der Waals surface area contributed by atoms with E-state index in [2.05, 4.69) is 119 Å². The third kappa shape index (κ3) is 2.66. The monoisotopic (exact) mass is 536 g/mol. The molecule has 0 nitrogen and oxygen atoms in total. The molecule has 4 aliphatic rings. The molecule has 0 spiro atoms. The van der Waals surface area contributed by atoms with Crippen molar-refractivity contribution in [2.45, 2.75) is 51.9 Å². The van der Waals surface area contributed by atoms with Crippen LogP contribution in [0.4, 0.5) is 0 Å². The van der Waals surface area contributed by atoms with Gasteiger partial charge in [0.25, 0.3) is 0 Å². The molecular weight excluding hydrogens is 504 g/mol. The summed E-state index contributed by atoms with van der Waals surface area (Å²) in [7, 11) is 0. The summed E-state index contributed by atoms with van der Waals surface area (Å²) in [6.07, 6.45) is 18.1. The predicted octanol–water partition coefficient (Wildman–Crippen LogP) is 9.82. The number of hydrogen-bond donors (Lipinski definition) is 0. The number of fused-ring (bicyclic) bond motifs is 7. The number of rotatable bonds is 0. The van der Waals surface area contributed by atoms with E-state index >= 15 is 0 Å². The summed E-state index contributed by atoms with van der Waals surface area (Å²) in [6.45, 7) is 12.0. The number of hydrogen-bond acceptors (Lipinski definition) is 0. The van der Waals surface area contributed by atoms with E-state index in [1.165, 1.54) is 93.6 Å². The molecule has 42 heavy (non-hydrogen) atoms. The Morgan fingerprint density at radius 2 is 1.50 bits per heavy atom. The normalized spacial score (nSPS) is 19.1. The van der Waals surface area contributed by atoms with Gasteiger partial charge in [0, 0.05) is 10.8 Å². The highest BCUT2D eigenvalue weighted by molar-refractivity contribution is 6.18. The zero-order chi connectivity index (χ0) is 28.7. The van der Waals surface area contributed by atoms with Crippen molar-refractivity contribution in [1.29, 1.82) is 0 Å². The van der Waals surface area contributed by atoms with Crippen molar-refractivity contribution < 1.29 is 0 Å². The maximum atomic E-state index is 5.77. The first-order valence-corrected chi connectivity index (χ1v) is 15.1. The van der Waals surface area contributed by atoms with E-state index in [4.69, 9.17) is 6.42 Å². The van der Waals surface area contributed by atoms with Gasteiger partial charge in [0.1, 0.15) is 0 Å². The number of terminal acetylenes is 1. The lowest BCUT2D eigenvalue weighted by Crippen LogP contribution is -2.26. The quantitative estimate of drug-likeness (QED) is 0.170. The summed E-state index contributed by atoms with van der Waals surface area (Å²) < 4.78 is 0. The molecule has 9 rings (SSSR count). The molecule has 0 amide bonds. The lowest BCUT2D eigenvalue weighted by molar-refractivity contribution is 0.583. The average molecular weight is 537 g/mol. The largest absolute Gasteiger partial charge is 0.115 e. The molecular formula is C42H32. The summed E-state index contributed by atoms with van der Waals surface area (Å²) >= 11 is 0. The molecule has 0 unspecified atom stereocenters. The van der Waals surface area contributed by atoms with Gasteiger partial charge in [0.05, 0.1) is 0 Å². The molecule has 4 aliphatic carbocycles. The van der Waals surface area contributed by atoms with Crippen LogP contribution in [-0.2, 0) is 10.8 Å². The molecule has 0 fully saturated rings. The molecule has 0 saturated heterocycles. The van der Waals surface area contributed by atoms with Crippen molar-refractivity contribution in [3.05, 3.63) is 122 Å². The Morgan fingerprint density at radius 1 is 0.738 bits per heavy atom. The zero-order valence-electron chi connectivity index (χ0n) is 24.9. The first-order valence-electron chi connectivity index (χ1n) is 15.1. The van der Waals surface area contributed by atoms with Crippen LogP contribution in [0, 0.1) is 19.3 Å². The standard InChI is InChI=1S/C42H32/c1-7-10-24-16-19-27-22-33-38(29-20-15-23(2)34(24)36(27)29)31-14-9-13-30-37-28-12-8-11-25-17-18-26(35(25)28)21-32(37)41(3,4)39(30)40(31)42(33,5)6/h1,8-13,15-22H,14H2,2-6H3. The van der Waals surface area contributed by atoms with E-state index < -0.39 is 0 Å². The van der Waals surface area contributed by atoms with E-state index in [0.717, 1.165) is 11.6 Å². The maximum absolute atomic E-state index is 5.77. The summed E-state index contributed by atoms with van der Waals surface area (Å²) in [4.78, 5) is 0. The van der Waals surface area contributed by atoms with Crippen LogP contribution in [0.15, 0.2) is 77.9 Å². The highest BCUT2D eigenvalue weighted by Gasteiger charge is 2.49. The Bertz CT molecular complexity index is 2370. The smallest absolute Gasteiger partial charge is 0.0162 e. The molecule has 5 aromatic rings. The van der Waals surface area contributed by atoms with Crippen LogP contribution in [-0.4, -0.2) is 0 Å². The molecule has 0 heteroatoms. The molecule has 0 aromatic heterocycles. The second-order valence-corrected chi connectivity index (χ2v) is 13.7. The average Bonchev–Trinajstić information content (AvgIpc) is 3.47. The van der Waals surface area contributed by atoms with Gasteiger partial charge in [-0.05, 0) is 130 Å². The van der Waals surface area contributed by atoms with Crippen LogP contribution in [0.5, 0.6) is 0 Å². The fraction of sp³-hybridized carbons (Fsp3) is 0.190. The van der Waals surface area contributed by atoms with Crippen molar-refractivity contribution in [1.82, 2.24) is 0 Å². The Hall–Kier alpha value is -4.60. The highest BCUT2D eigenvalue weighted by atomic mass is 14.5. The topological polar surface area (TPSA) is 0 Å². The van der Waals surface area contributed by atoms with Gasteiger partial charge < -0.3 is 0 Å². The Kier molecular flexibility index (Phi) is 4.36. The number of benzene rings is 5. The summed E-state index contributed by atoms with van der Waals surface area (Å²) in [5, 5.41) is 9.22. The van der Waals surface area contributed by atoms with Gasteiger partial charge in [-0.25, -0.2) is 0 Å².